The van der Waals surface area contributed by atoms with E-state index in [4.69, 9.17) is 11.6 Å². The zero-order valence-electron chi connectivity index (χ0n) is 12.5. The number of carbonyl (C=O) groups excluding carboxylic acids is 1. The van der Waals surface area contributed by atoms with Crippen LogP contribution in [0.5, 0.6) is 0 Å². The van der Waals surface area contributed by atoms with Crippen molar-refractivity contribution in [2.45, 2.75) is 25.3 Å². The van der Waals surface area contributed by atoms with Gasteiger partial charge < -0.3 is 10.4 Å². The third-order valence-corrected chi connectivity index (χ3v) is 3.68. The first-order chi connectivity index (χ1) is 11.0. The molecule has 5 heteroatoms. The molecule has 0 fully saturated rings. The van der Waals surface area contributed by atoms with Gasteiger partial charge in [0.1, 0.15) is 6.04 Å². The van der Waals surface area contributed by atoms with E-state index in [2.05, 4.69) is 5.32 Å². The molecule has 0 aliphatic heterocycles. The monoisotopic (exact) mass is 331 g/mol. The van der Waals surface area contributed by atoms with Crippen LogP contribution in [0.2, 0.25) is 5.02 Å². The standard InChI is InChI=1S/C18H18ClNO3/c19-15-8-4-7-14(11-15)12-16(18(22)23)20-17(21)10-9-13-5-2-1-3-6-13/h1-8,11,16H,9-10,12H2,(H,20,21)(H,22,23)/t16-/m1/s1. The van der Waals surface area contributed by atoms with E-state index in [0.717, 1.165) is 11.1 Å². The van der Waals surface area contributed by atoms with Gasteiger partial charge in [0.05, 0.1) is 0 Å². The Morgan fingerprint density at radius 3 is 2.39 bits per heavy atom. The lowest BCUT2D eigenvalue weighted by Crippen LogP contribution is -2.42. The largest absolute Gasteiger partial charge is 0.480 e. The number of amides is 1. The highest BCUT2D eigenvalue weighted by molar-refractivity contribution is 6.30. The molecular weight excluding hydrogens is 314 g/mol. The third-order valence-electron chi connectivity index (χ3n) is 3.45. The van der Waals surface area contributed by atoms with Crippen LogP contribution in [-0.2, 0) is 22.4 Å². The van der Waals surface area contributed by atoms with Crippen molar-refractivity contribution in [3.8, 4) is 0 Å². The van der Waals surface area contributed by atoms with E-state index in [1.54, 1.807) is 24.3 Å². The molecule has 0 saturated carbocycles. The molecule has 0 aliphatic carbocycles. The summed E-state index contributed by atoms with van der Waals surface area (Å²) >= 11 is 5.90. The molecule has 0 aliphatic rings. The fraction of sp³-hybridized carbons (Fsp3) is 0.222. The van der Waals surface area contributed by atoms with E-state index in [0.29, 0.717) is 11.4 Å². The van der Waals surface area contributed by atoms with Crippen LogP contribution in [0.1, 0.15) is 17.5 Å². The second-order valence-corrected chi connectivity index (χ2v) is 5.71. The van der Waals surface area contributed by atoms with Gasteiger partial charge in [0.2, 0.25) is 5.91 Å². The predicted octanol–water partition coefficient (Wildman–Crippen LogP) is 3.08. The van der Waals surface area contributed by atoms with E-state index >= 15 is 0 Å². The summed E-state index contributed by atoms with van der Waals surface area (Å²) in [6, 6.07) is 15.6. The zero-order valence-corrected chi connectivity index (χ0v) is 13.3. The molecule has 4 nitrogen and oxygen atoms in total. The van der Waals surface area contributed by atoms with Crippen molar-refractivity contribution in [3.05, 3.63) is 70.7 Å². The lowest BCUT2D eigenvalue weighted by molar-refractivity contribution is -0.141. The van der Waals surface area contributed by atoms with Crippen LogP contribution in [0.25, 0.3) is 0 Å². The summed E-state index contributed by atoms with van der Waals surface area (Å²) in [5.41, 5.74) is 1.82. The third kappa shape index (κ3) is 5.75. The SMILES string of the molecule is O=C(CCc1ccccc1)N[C@H](Cc1cccc(Cl)c1)C(=O)O. The first-order valence-corrected chi connectivity index (χ1v) is 7.73. The lowest BCUT2D eigenvalue weighted by Gasteiger charge is -2.15. The van der Waals surface area contributed by atoms with E-state index in [9.17, 15) is 14.7 Å². The summed E-state index contributed by atoms with van der Waals surface area (Å²) in [6.07, 6.45) is 1.03. The number of nitrogens with one attached hydrogen (secondary N) is 1. The topological polar surface area (TPSA) is 66.4 Å². The summed E-state index contributed by atoms with van der Waals surface area (Å²) in [4.78, 5) is 23.3. The van der Waals surface area contributed by atoms with Gasteiger partial charge in [0.15, 0.2) is 0 Å². The summed E-state index contributed by atoms with van der Waals surface area (Å²) in [6.45, 7) is 0. The summed E-state index contributed by atoms with van der Waals surface area (Å²) in [5.74, 6) is -1.33. The normalized spacial score (nSPS) is 11.7. The number of halogens is 1. The van der Waals surface area contributed by atoms with Crippen LogP contribution in [0.4, 0.5) is 0 Å². The predicted molar refractivity (Wildman–Crippen MR) is 89.5 cm³/mol. The van der Waals surface area contributed by atoms with E-state index in [1.807, 2.05) is 30.3 Å². The van der Waals surface area contributed by atoms with Crippen molar-refractivity contribution < 1.29 is 14.7 Å². The van der Waals surface area contributed by atoms with Gasteiger partial charge in [-0.15, -0.1) is 0 Å². The maximum atomic E-state index is 12.0. The Kier molecular flexibility index (Phi) is 6.18. The number of rotatable bonds is 7. The van der Waals surface area contributed by atoms with Crippen molar-refractivity contribution >= 4 is 23.5 Å². The van der Waals surface area contributed by atoms with Crippen LogP contribution < -0.4 is 5.32 Å². The molecule has 0 bridgehead atoms. The van der Waals surface area contributed by atoms with E-state index < -0.39 is 12.0 Å². The van der Waals surface area contributed by atoms with Gasteiger partial charge in [-0.1, -0.05) is 54.1 Å². The maximum absolute atomic E-state index is 12.0. The van der Waals surface area contributed by atoms with Crippen LogP contribution in [-0.4, -0.2) is 23.0 Å². The average Bonchev–Trinajstić information content (AvgIpc) is 2.53. The minimum Gasteiger partial charge on any atom is -0.480 e. The molecule has 120 valence electrons. The van der Waals surface area contributed by atoms with Crippen LogP contribution in [0, 0.1) is 0 Å². The lowest BCUT2D eigenvalue weighted by atomic mass is 10.1. The van der Waals surface area contributed by atoms with Crippen LogP contribution in [0.15, 0.2) is 54.6 Å². The average molecular weight is 332 g/mol. The van der Waals surface area contributed by atoms with Gasteiger partial charge in [-0.3, -0.25) is 4.79 Å². The molecule has 2 aromatic carbocycles. The number of carbonyl (C=O) groups is 2. The quantitative estimate of drug-likeness (QED) is 0.819. The summed E-state index contributed by atoms with van der Waals surface area (Å²) in [5, 5.41) is 12.4. The zero-order chi connectivity index (χ0) is 16.7. The molecule has 23 heavy (non-hydrogen) atoms. The summed E-state index contributed by atoms with van der Waals surface area (Å²) < 4.78 is 0. The van der Waals surface area contributed by atoms with Crippen LogP contribution in [0.3, 0.4) is 0 Å². The van der Waals surface area contributed by atoms with Gasteiger partial charge in [-0.25, -0.2) is 4.79 Å². The second-order valence-electron chi connectivity index (χ2n) is 5.28. The molecule has 0 spiro atoms. The maximum Gasteiger partial charge on any atom is 0.326 e. The molecule has 0 heterocycles. The molecule has 1 atom stereocenters. The van der Waals surface area contributed by atoms with Gasteiger partial charge in [-0.2, -0.15) is 0 Å². The highest BCUT2D eigenvalue weighted by atomic mass is 35.5. The molecule has 0 aromatic heterocycles. The van der Waals surface area contributed by atoms with E-state index in [1.165, 1.54) is 0 Å². The minimum absolute atomic E-state index is 0.201. The number of carboxylic acid groups (broad SMARTS) is 1. The Labute approximate surface area is 140 Å². The minimum atomic E-state index is -1.06. The molecule has 2 N–H and O–H groups in total. The molecule has 2 rings (SSSR count). The fourth-order valence-electron chi connectivity index (χ4n) is 2.27. The van der Waals surface area contributed by atoms with Crippen LogP contribution >= 0.6 is 11.6 Å². The van der Waals surface area contributed by atoms with Crippen molar-refractivity contribution in [3.63, 3.8) is 0 Å². The smallest absolute Gasteiger partial charge is 0.326 e. The Hall–Kier alpha value is -2.33. The number of aryl methyl sites for hydroxylation is 1. The Bertz CT molecular complexity index is 673. The number of carboxylic acids is 1. The number of hydrogen-bond donors (Lipinski definition) is 2. The molecule has 1 amide bonds. The molecule has 0 saturated heterocycles. The summed E-state index contributed by atoms with van der Waals surface area (Å²) in [7, 11) is 0. The highest BCUT2D eigenvalue weighted by Crippen LogP contribution is 2.12. The first-order valence-electron chi connectivity index (χ1n) is 7.35. The van der Waals surface area contributed by atoms with Crippen molar-refractivity contribution in [2.75, 3.05) is 0 Å². The number of benzene rings is 2. The van der Waals surface area contributed by atoms with Gasteiger partial charge in [0.25, 0.3) is 0 Å². The molecule has 0 radical (unpaired) electrons. The Morgan fingerprint density at radius 1 is 1.04 bits per heavy atom. The molecule has 2 aromatic rings. The number of hydrogen-bond acceptors (Lipinski definition) is 2. The van der Waals surface area contributed by atoms with Gasteiger partial charge in [-0.05, 0) is 29.7 Å². The van der Waals surface area contributed by atoms with Crippen molar-refractivity contribution in [2.24, 2.45) is 0 Å². The Morgan fingerprint density at radius 2 is 1.74 bits per heavy atom. The van der Waals surface area contributed by atoms with Gasteiger partial charge in [0, 0.05) is 17.9 Å². The van der Waals surface area contributed by atoms with Crippen molar-refractivity contribution in [1.29, 1.82) is 0 Å². The van der Waals surface area contributed by atoms with E-state index in [-0.39, 0.29) is 18.7 Å². The van der Waals surface area contributed by atoms with Gasteiger partial charge >= 0.3 is 5.97 Å². The van der Waals surface area contributed by atoms with Crippen molar-refractivity contribution in [1.82, 2.24) is 5.32 Å². The first kappa shape index (κ1) is 17.0. The second kappa shape index (κ2) is 8.34. The fourth-order valence-corrected chi connectivity index (χ4v) is 2.48. The Balaban J connectivity index is 1.91. The number of aliphatic carboxylic acids is 1. The molecule has 0 unspecified atom stereocenters. The highest BCUT2D eigenvalue weighted by Gasteiger charge is 2.20. The molecular formula is C18H18ClNO3.